The summed E-state index contributed by atoms with van der Waals surface area (Å²) in [6.07, 6.45) is 2.39. The molecule has 1 atom stereocenters. The van der Waals surface area contributed by atoms with Crippen LogP contribution in [0.1, 0.15) is 32.1 Å². The molecular weight excluding hydrogens is 348 g/mol. The summed E-state index contributed by atoms with van der Waals surface area (Å²) in [4.78, 5) is 28.3. The van der Waals surface area contributed by atoms with Gasteiger partial charge in [0.2, 0.25) is 5.91 Å². The molecule has 26 heavy (non-hydrogen) atoms. The topological polar surface area (TPSA) is 58.6 Å². The molecular formula is C20H24N2O3S. The third kappa shape index (κ3) is 4.07. The zero-order chi connectivity index (χ0) is 18.7. The third-order valence-corrected chi connectivity index (χ3v) is 5.90. The number of amides is 2. The summed E-state index contributed by atoms with van der Waals surface area (Å²) >= 11 is 1.56. The first-order valence-corrected chi connectivity index (χ1v) is 9.53. The molecule has 2 aromatic rings. The van der Waals surface area contributed by atoms with Crippen molar-refractivity contribution in [3.63, 3.8) is 0 Å². The summed E-state index contributed by atoms with van der Waals surface area (Å²) in [5.41, 5.74) is 2.16. The predicted molar refractivity (Wildman–Crippen MR) is 103 cm³/mol. The van der Waals surface area contributed by atoms with Gasteiger partial charge in [-0.25, -0.2) is 0 Å². The van der Waals surface area contributed by atoms with Crippen molar-refractivity contribution in [3.8, 4) is 5.75 Å². The van der Waals surface area contributed by atoms with Gasteiger partial charge in [-0.2, -0.15) is 0 Å². The Morgan fingerprint density at radius 1 is 1.31 bits per heavy atom. The van der Waals surface area contributed by atoms with Crippen molar-refractivity contribution in [2.24, 2.45) is 5.92 Å². The van der Waals surface area contributed by atoms with Gasteiger partial charge in [0, 0.05) is 31.4 Å². The highest BCUT2D eigenvalue weighted by Crippen LogP contribution is 2.33. The first-order chi connectivity index (χ1) is 12.5. The van der Waals surface area contributed by atoms with Crippen LogP contribution in [0.4, 0.5) is 0 Å². The molecule has 1 N–H and O–H groups in total. The van der Waals surface area contributed by atoms with Crippen LogP contribution in [0.25, 0.3) is 0 Å². The largest absolute Gasteiger partial charge is 0.497 e. The Kier molecular flexibility index (Phi) is 5.61. The van der Waals surface area contributed by atoms with Gasteiger partial charge < -0.3 is 15.0 Å². The molecule has 3 rings (SSSR count). The third-order valence-electron chi connectivity index (χ3n) is 4.67. The summed E-state index contributed by atoms with van der Waals surface area (Å²) in [5.74, 6) is 0.856. The smallest absolute Gasteiger partial charge is 0.263 e. The van der Waals surface area contributed by atoms with Gasteiger partial charge in [-0.05, 0) is 48.6 Å². The molecule has 0 fully saturated rings. The van der Waals surface area contributed by atoms with Gasteiger partial charge in [0.15, 0.2) is 0 Å². The molecule has 1 heterocycles. The number of benzene rings is 1. The fourth-order valence-electron chi connectivity index (χ4n) is 3.19. The molecule has 5 nitrogen and oxygen atoms in total. The Bertz CT molecular complexity index is 813. The molecule has 0 saturated carbocycles. The SMILES string of the molecule is COc1cccc(CNC(=O)[C@@H]2CCc3sc(C(=O)N(C)C)cc3C2)c1. The van der Waals surface area contributed by atoms with Crippen LogP contribution in [-0.4, -0.2) is 37.9 Å². The normalized spacial score (nSPS) is 15.9. The van der Waals surface area contributed by atoms with E-state index in [2.05, 4.69) is 5.32 Å². The summed E-state index contributed by atoms with van der Waals surface area (Å²) < 4.78 is 5.21. The van der Waals surface area contributed by atoms with E-state index in [9.17, 15) is 9.59 Å². The molecule has 138 valence electrons. The van der Waals surface area contributed by atoms with E-state index in [0.717, 1.165) is 34.6 Å². The molecule has 2 amide bonds. The summed E-state index contributed by atoms with van der Waals surface area (Å²) in [6, 6.07) is 9.67. The van der Waals surface area contributed by atoms with E-state index in [4.69, 9.17) is 4.74 Å². The molecule has 1 aromatic carbocycles. The number of fused-ring (bicyclic) bond motifs is 1. The second-order valence-corrected chi connectivity index (χ2v) is 7.90. The van der Waals surface area contributed by atoms with Crippen LogP contribution in [0.5, 0.6) is 5.75 Å². The van der Waals surface area contributed by atoms with Crippen LogP contribution >= 0.6 is 11.3 Å². The average Bonchev–Trinajstić information content (AvgIpc) is 3.08. The fourth-order valence-corrected chi connectivity index (χ4v) is 4.42. The molecule has 0 aliphatic heterocycles. The lowest BCUT2D eigenvalue weighted by Gasteiger charge is -2.21. The van der Waals surface area contributed by atoms with E-state index in [1.54, 1.807) is 37.4 Å². The van der Waals surface area contributed by atoms with Crippen LogP contribution in [0.3, 0.4) is 0 Å². The molecule has 1 aliphatic rings. The fraction of sp³-hybridized carbons (Fsp3) is 0.400. The lowest BCUT2D eigenvalue weighted by Crippen LogP contribution is -2.33. The number of aryl methyl sites for hydroxylation is 1. The first-order valence-electron chi connectivity index (χ1n) is 8.72. The molecule has 6 heteroatoms. The van der Waals surface area contributed by atoms with Crippen LogP contribution in [0, 0.1) is 5.92 Å². The van der Waals surface area contributed by atoms with Gasteiger partial charge in [-0.1, -0.05) is 12.1 Å². The van der Waals surface area contributed by atoms with E-state index in [-0.39, 0.29) is 17.7 Å². The quantitative estimate of drug-likeness (QED) is 0.878. The van der Waals surface area contributed by atoms with Gasteiger partial charge in [0.05, 0.1) is 12.0 Å². The number of ether oxygens (including phenoxy) is 1. The lowest BCUT2D eigenvalue weighted by molar-refractivity contribution is -0.125. The van der Waals surface area contributed by atoms with Gasteiger partial charge in [-0.3, -0.25) is 9.59 Å². The van der Waals surface area contributed by atoms with Crippen molar-refractivity contribution < 1.29 is 14.3 Å². The first kappa shape index (κ1) is 18.5. The van der Waals surface area contributed by atoms with Crippen LogP contribution < -0.4 is 10.1 Å². The van der Waals surface area contributed by atoms with Crippen LogP contribution in [-0.2, 0) is 24.2 Å². The number of nitrogens with one attached hydrogen (secondary N) is 1. The minimum absolute atomic E-state index is 0.0310. The van der Waals surface area contributed by atoms with Crippen molar-refractivity contribution in [1.82, 2.24) is 10.2 Å². The Labute approximate surface area is 158 Å². The summed E-state index contributed by atoms with van der Waals surface area (Å²) in [7, 11) is 5.15. The van der Waals surface area contributed by atoms with Crippen molar-refractivity contribution in [3.05, 3.63) is 51.2 Å². The number of methoxy groups -OCH3 is 1. The second kappa shape index (κ2) is 7.91. The van der Waals surface area contributed by atoms with Gasteiger partial charge in [-0.15, -0.1) is 11.3 Å². The predicted octanol–water partition coefficient (Wildman–Crippen LogP) is 2.88. The van der Waals surface area contributed by atoms with Crippen molar-refractivity contribution in [1.29, 1.82) is 0 Å². The average molecular weight is 372 g/mol. The van der Waals surface area contributed by atoms with E-state index in [1.807, 2.05) is 30.3 Å². The van der Waals surface area contributed by atoms with Crippen molar-refractivity contribution in [2.75, 3.05) is 21.2 Å². The number of carbonyl (C=O) groups is 2. The summed E-state index contributed by atoms with van der Waals surface area (Å²) in [5, 5.41) is 3.03. The highest BCUT2D eigenvalue weighted by Gasteiger charge is 2.27. The molecule has 0 saturated heterocycles. The van der Waals surface area contributed by atoms with E-state index in [1.165, 1.54) is 4.88 Å². The lowest BCUT2D eigenvalue weighted by atomic mass is 9.87. The maximum Gasteiger partial charge on any atom is 0.263 e. The Morgan fingerprint density at radius 3 is 2.85 bits per heavy atom. The van der Waals surface area contributed by atoms with Crippen LogP contribution in [0.15, 0.2) is 30.3 Å². The van der Waals surface area contributed by atoms with E-state index >= 15 is 0 Å². The minimum atomic E-state index is -0.0370. The van der Waals surface area contributed by atoms with Crippen molar-refractivity contribution >= 4 is 23.2 Å². The maximum atomic E-state index is 12.6. The van der Waals surface area contributed by atoms with Gasteiger partial charge in [0.25, 0.3) is 5.91 Å². The standard InChI is InChI=1S/C20H24N2O3S/c1-22(2)20(24)18-11-15-10-14(7-8-17(15)26-18)19(23)21-12-13-5-4-6-16(9-13)25-3/h4-6,9,11,14H,7-8,10,12H2,1-3H3,(H,21,23)/t14-/m1/s1. The molecule has 1 aliphatic carbocycles. The van der Waals surface area contributed by atoms with Crippen molar-refractivity contribution in [2.45, 2.75) is 25.8 Å². The molecule has 0 radical (unpaired) electrons. The number of carbonyl (C=O) groups excluding carboxylic acids is 2. The Balaban J connectivity index is 1.61. The molecule has 0 bridgehead atoms. The van der Waals surface area contributed by atoms with Gasteiger partial charge in [0.1, 0.15) is 5.75 Å². The molecule has 0 unspecified atom stereocenters. The summed E-state index contributed by atoms with van der Waals surface area (Å²) in [6.45, 7) is 0.493. The number of nitrogens with zero attached hydrogens (tertiary/aromatic N) is 1. The van der Waals surface area contributed by atoms with Gasteiger partial charge >= 0.3 is 0 Å². The van der Waals surface area contributed by atoms with E-state index < -0.39 is 0 Å². The highest BCUT2D eigenvalue weighted by molar-refractivity contribution is 7.14. The number of hydrogen-bond acceptors (Lipinski definition) is 4. The second-order valence-electron chi connectivity index (χ2n) is 6.77. The molecule has 1 aromatic heterocycles. The Hall–Kier alpha value is -2.34. The number of hydrogen-bond donors (Lipinski definition) is 1. The minimum Gasteiger partial charge on any atom is -0.497 e. The zero-order valence-electron chi connectivity index (χ0n) is 15.4. The monoisotopic (exact) mass is 372 g/mol. The van der Waals surface area contributed by atoms with Crippen LogP contribution in [0.2, 0.25) is 0 Å². The maximum absolute atomic E-state index is 12.6. The Morgan fingerprint density at radius 2 is 2.12 bits per heavy atom. The number of rotatable bonds is 5. The number of thiophene rings is 1. The molecule has 0 spiro atoms. The highest BCUT2D eigenvalue weighted by atomic mass is 32.1. The zero-order valence-corrected chi connectivity index (χ0v) is 16.2. The van der Waals surface area contributed by atoms with E-state index in [0.29, 0.717) is 13.0 Å².